The lowest BCUT2D eigenvalue weighted by Crippen LogP contribution is -2.15. The highest BCUT2D eigenvalue weighted by Crippen LogP contribution is 2.16. The van der Waals surface area contributed by atoms with E-state index >= 15 is 0 Å². The number of aromatic nitrogens is 3. The number of hydrogen-bond donors (Lipinski definition) is 4. The summed E-state index contributed by atoms with van der Waals surface area (Å²) in [5.74, 6) is 0.559. The first kappa shape index (κ1) is 17.3. The molecule has 2 heterocycles. The molecule has 0 saturated carbocycles. The van der Waals surface area contributed by atoms with Gasteiger partial charge in [0.15, 0.2) is 11.3 Å². The third-order valence-electron chi connectivity index (χ3n) is 4.13. The van der Waals surface area contributed by atoms with Crippen LogP contribution in [0.5, 0.6) is 11.5 Å². The zero-order chi connectivity index (χ0) is 19.5. The molecule has 28 heavy (non-hydrogen) atoms. The second-order valence-corrected chi connectivity index (χ2v) is 6.15. The van der Waals surface area contributed by atoms with Gasteiger partial charge in [-0.3, -0.25) is 4.79 Å². The third-order valence-corrected chi connectivity index (χ3v) is 4.13. The maximum atomic E-state index is 12.6. The van der Waals surface area contributed by atoms with E-state index in [1.165, 1.54) is 22.8 Å². The second-order valence-electron chi connectivity index (χ2n) is 6.15. The number of amides is 1. The van der Waals surface area contributed by atoms with Crippen LogP contribution in [0, 0.1) is 0 Å². The van der Waals surface area contributed by atoms with Gasteiger partial charge in [0.25, 0.3) is 5.91 Å². The molecule has 0 aliphatic heterocycles. The highest BCUT2D eigenvalue weighted by atomic mass is 16.3. The quantitative estimate of drug-likeness (QED) is 0.399. The van der Waals surface area contributed by atoms with Crippen molar-refractivity contribution in [3.63, 3.8) is 0 Å². The largest absolute Gasteiger partial charge is 0.508 e. The smallest absolute Gasteiger partial charge is 0.276 e. The lowest BCUT2D eigenvalue weighted by atomic mass is 10.2. The highest BCUT2D eigenvalue weighted by molar-refractivity contribution is 6.03. The van der Waals surface area contributed by atoms with Gasteiger partial charge in [0.1, 0.15) is 17.3 Å². The molecule has 140 valence electrons. The van der Waals surface area contributed by atoms with Gasteiger partial charge in [-0.25, -0.2) is 9.50 Å². The van der Waals surface area contributed by atoms with Crippen LogP contribution in [-0.4, -0.2) is 30.7 Å². The summed E-state index contributed by atoms with van der Waals surface area (Å²) in [4.78, 5) is 16.8. The molecule has 0 aliphatic rings. The number of aromatic hydroxyl groups is 2. The van der Waals surface area contributed by atoms with Crippen LogP contribution in [-0.2, 0) is 6.54 Å². The van der Waals surface area contributed by atoms with Gasteiger partial charge < -0.3 is 20.8 Å². The summed E-state index contributed by atoms with van der Waals surface area (Å²) >= 11 is 0. The van der Waals surface area contributed by atoms with Crippen LogP contribution in [0.1, 0.15) is 16.1 Å². The van der Waals surface area contributed by atoms with Crippen molar-refractivity contribution in [2.45, 2.75) is 6.54 Å². The molecule has 0 bridgehead atoms. The summed E-state index contributed by atoms with van der Waals surface area (Å²) in [6, 6.07) is 16.6. The van der Waals surface area contributed by atoms with Crippen LogP contribution in [0.15, 0.2) is 66.9 Å². The van der Waals surface area contributed by atoms with Gasteiger partial charge in [-0.15, -0.1) is 5.10 Å². The molecule has 2 aromatic carbocycles. The number of nitrogens with one attached hydrogen (secondary N) is 2. The highest BCUT2D eigenvalue weighted by Gasteiger charge is 2.14. The third kappa shape index (κ3) is 3.70. The summed E-state index contributed by atoms with van der Waals surface area (Å²) in [5.41, 5.74) is 2.37. The fourth-order valence-electron chi connectivity index (χ4n) is 2.67. The summed E-state index contributed by atoms with van der Waals surface area (Å²) in [7, 11) is 0. The molecule has 1 amide bonds. The van der Waals surface area contributed by atoms with E-state index in [1.54, 1.807) is 36.4 Å². The predicted molar refractivity (Wildman–Crippen MR) is 104 cm³/mol. The molecule has 2 aromatic heterocycles. The first-order valence-corrected chi connectivity index (χ1v) is 8.55. The second kappa shape index (κ2) is 7.28. The van der Waals surface area contributed by atoms with Crippen LogP contribution >= 0.6 is 0 Å². The first-order valence-electron chi connectivity index (χ1n) is 8.55. The molecular formula is C20H17N5O3. The molecule has 4 N–H and O–H groups in total. The van der Waals surface area contributed by atoms with Crippen molar-refractivity contribution >= 4 is 23.1 Å². The van der Waals surface area contributed by atoms with Gasteiger partial charge >= 0.3 is 0 Å². The van der Waals surface area contributed by atoms with Gasteiger partial charge in [-0.1, -0.05) is 12.1 Å². The number of carbonyl (C=O) groups is 1. The van der Waals surface area contributed by atoms with E-state index in [0.717, 1.165) is 5.56 Å². The van der Waals surface area contributed by atoms with Crippen molar-refractivity contribution in [1.82, 2.24) is 14.6 Å². The number of anilines is 2. The number of benzene rings is 2. The molecule has 4 rings (SSSR count). The molecule has 0 fully saturated rings. The molecular weight excluding hydrogens is 358 g/mol. The lowest BCUT2D eigenvalue weighted by Gasteiger charge is -2.08. The summed E-state index contributed by atoms with van der Waals surface area (Å²) in [6.45, 7) is 0.516. The van der Waals surface area contributed by atoms with E-state index in [-0.39, 0.29) is 23.1 Å². The number of hydrogen-bond acceptors (Lipinski definition) is 6. The molecule has 0 spiro atoms. The van der Waals surface area contributed by atoms with Crippen LogP contribution in [0.2, 0.25) is 0 Å². The fraction of sp³-hybridized carbons (Fsp3) is 0.0500. The Morgan fingerprint density at radius 1 is 0.929 bits per heavy atom. The monoisotopic (exact) mass is 375 g/mol. The number of carbonyl (C=O) groups excluding carboxylic acids is 1. The van der Waals surface area contributed by atoms with Crippen molar-refractivity contribution < 1.29 is 15.0 Å². The average molecular weight is 375 g/mol. The minimum absolute atomic E-state index is 0.124. The van der Waals surface area contributed by atoms with Gasteiger partial charge in [-0.05, 0) is 54.1 Å². The van der Waals surface area contributed by atoms with E-state index < -0.39 is 0 Å². The van der Waals surface area contributed by atoms with Gasteiger partial charge in [-0.2, -0.15) is 0 Å². The Labute approximate surface area is 160 Å². The Kier molecular flexibility index (Phi) is 4.51. The van der Waals surface area contributed by atoms with Crippen LogP contribution < -0.4 is 10.6 Å². The lowest BCUT2D eigenvalue weighted by molar-refractivity contribution is 0.102. The van der Waals surface area contributed by atoms with E-state index in [4.69, 9.17) is 0 Å². The fourth-order valence-corrected chi connectivity index (χ4v) is 2.67. The zero-order valence-corrected chi connectivity index (χ0v) is 14.7. The molecule has 0 saturated heterocycles. The van der Waals surface area contributed by atoms with Crippen LogP contribution in [0.25, 0.3) is 5.65 Å². The van der Waals surface area contributed by atoms with Gasteiger partial charge in [0, 0.05) is 12.2 Å². The van der Waals surface area contributed by atoms with Crippen molar-refractivity contribution in [2.24, 2.45) is 0 Å². The number of imidazole rings is 1. The summed E-state index contributed by atoms with van der Waals surface area (Å²) < 4.78 is 1.47. The Bertz CT molecular complexity index is 1120. The number of rotatable bonds is 5. The number of fused-ring (bicyclic) bond motifs is 1. The van der Waals surface area contributed by atoms with Crippen molar-refractivity contribution in [2.75, 3.05) is 10.6 Å². The molecule has 4 aromatic rings. The first-order chi connectivity index (χ1) is 13.6. The summed E-state index contributed by atoms with van der Waals surface area (Å²) in [6.07, 6.45) is 1.46. The van der Waals surface area contributed by atoms with Crippen LogP contribution in [0.4, 0.5) is 11.5 Å². The minimum Gasteiger partial charge on any atom is -0.508 e. The number of phenols is 2. The normalized spacial score (nSPS) is 10.7. The molecule has 0 radical (unpaired) electrons. The molecule has 0 aliphatic carbocycles. The van der Waals surface area contributed by atoms with Crippen molar-refractivity contribution in [3.8, 4) is 11.5 Å². The molecule has 8 heteroatoms. The SMILES string of the molecule is O=C(Nc1ccc(O)cc1)c1cnc2ccc(NCc3ccc(O)cc3)nn12. The molecule has 0 unspecified atom stereocenters. The number of nitrogens with zero attached hydrogens (tertiary/aromatic N) is 3. The van der Waals surface area contributed by atoms with Gasteiger partial charge in [0.05, 0.1) is 6.20 Å². The van der Waals surface area contributed by atoms with Crippen molar-refractivity contribution in [3.05, 3.63) is 78.1 Å². The van der Waals surface area contributed by atoms with Gasteiger partial charge in [0.2, 0.25) is 0 Å². The Balaban J connectivity index is 1.52. The maximum Gasteiger partial charge on any atom is 0.276 e. The maximum absolute atomic E-state index is 12.6. The van der Waals surface area contributed by atoms with E-state index in [9.17, 15) is 15.0 Å². The molecule has 0 atom stereocenters. The summed E-state index contributed by atoms with van der Waals surface area (Å²) in [5, 5.41) is 29.1. The van der Waals surface area contributed by atoms with E-state index in [1.807, 2.05) is 12.1 Å². The predicted octanol–water partition coefficient (Wildman–Crippen LogP) is 3.00. The number of phenolic OH excluding ortho intramolecular Hbond substituents is 2. The average Bonchev–Trinajstić information content (AvgIpc) is 3.13. The van der Waals surface area contributed by atoms with Crippen LogP contribution in [0.3, 0.4) is 0 Å². The Morgan fingerprint density at radius 2 is 1.61 bits per heavy atom. The minimum atomic E-state index is -0.360. The zero-order valence-electron chi connectivity index (χ0n) is 14.7. The standard InChI is InChI=1S/C20H17N5O3/c26-15-5-1-13(2-6-15)11-21-18-9-10-19-22-12-17(25(19)24-18)20(28)23-14-3-7-16(27)8-4-14/h1-10,12,26-27H,11H2,(H,21,24)(H,23,28). The molecule has 8 nitrogen and oxygen atoms in total. The van der Waals surface area contributed by atoms with E-state index in [2.05, 4.69) is 20.7 Å². The van der Waals surface area contributed by atoms with E-state index in [0.29, 0.717) is 23.7 Å². The Morgan fingerprint density at radius 3 is 2.32 bits per heavy atom. The topological polar surface area (TPSA) is 112 Å². The van der Waals surface area contributed by atoms with Crippen molar-refractivity contribution in [1.29, 1.82) is 0 Å². The Hall–Kier alpha value is -4.07.